The van der Waals surface area contributed by atoms with Crippen LogP contribution in [0.5, 0.6) is 0 Å². The van der Waals surface area contributed by atoms with Gasteiger partial charge in [-0.05, 0) is 31.0 Å². The average Bonchev–Trinajstić information content (AvgIpc) is 2.62. The van der Waals surface area contributed by atoms with Crippen LogP contribution >= 0.6 is 0 Å². The molecule has 1 aliphatic carbocycles. The van der Waals surface area contributed by atoms with E-state index in [9.17, 15) is 18.0 Å². The fourth-order valence-corrected chi connectivity index (χ4v) is 3.01. The summed E-state index contributed by atoms with van der Waals surface area (Å²) in [6, 6.07) is 6.62. The van der Waals surface area contributed by atoms with Gasteiger partial charge in [-0.2, -0.15) is 13.2 Å². The van der Waals surface area contributed by atoms with E-state index < -0.39 is 11.7 Å². The summed E-state index contributed by atoms with van der Waals surface area (Å²) in [5.74, 6) is -0.399. The number of nitrogens with zero attached hydrogens (tertiary/aromatic N) is 2. The molecule has 1 fully saturated rings. The molecule has 0 radical (unpaired) electrons. The molecule has 2 aromatic rings. The minimum absolute atomic E-state index is 0.0574. The zero-order chi connectivity index (χ0) is 18.6. The Bertz CT molecular complexity index is 773. The molecule has 1 aromatic heterocycles. The van der Waals surface area contributed by atoms with E-state index >= 15 is 0 Å². The largest absolute Gasteiger partial charge is 0.418 e. The predicted molar refractivity (Wildman–Crippen MR) is 91.1 cm³/mol. The Morgan fingerprint density at radius 2 is 1.81 bits per heavy atom. The van der Waals surface area contributed by atoms with Crippen molar-refractivity contribution in [3.8, 4) is 0 Å². The number of carbonyl (C=O) groups is 1. The van der Waals surface area contributed by atoms with Crippen LogP contribution in [-0.4, -0.2) is 21.9 Å². The predicted octanol–water partition coefficient (Wildman–Crippen LogP) is 4.30. The number of aromatic nitrogens is 2. The SMILES string of the molecule is O=C(NC1CCCCC1)c1ccnc(Nc2ccccc2C(F)(F)F)n1. The molecule has 0 aliphatic heterocycles. The lowest BCUT2D eigenvalue weighted by Crippen LogP contribution is -2.36. The Labute approximate surface area is 149 Å². The van der Waals surface area contributed by atoms with Crippen molar-refractivity contribution >= 4 is 17.5 Å². The summed E-state index contributed by atoms with van der Waals surface area (Å²) in [7, 11) is 0. The number of amides is 1. The fourth-order valence-electron chi connectivity index (χ4n) is 3.01. The molecule has 0 bridgehead atoms. The number of benzene rings is 1. The van der Waals surface area contributed by atoms with E-state index in [0.717, 1.165) is 31.7 Å². The molecule has 1 aromatic carbocycles. The quantitative estimate of drug-likeness (QED) is 0.849. The number of hydrogen-bond donors (Lipinski definition) is 2. The lowest BCUT2D eigenvalue weighted by atomic mass is 9.95. The van der Waals surface area contributed by atoms with Gasteiger partial charge < -0.3 is 10.6 Å². The van der Waals surface area contributed by atoms with Gasteiger partial charge in [0.15, 0.2) is 0 Å². The van der Waals surface area contributed by atoms with Crippen molar-refractivity contribution in [2.24, 2.45) is 0 Å². The molecule has 138 valence electrons. The van der Waals surface area contributed by atoms with Crippen molar-refractivity contribution in [2.75, 3.05) is 5.32 Å². The first-order valence-electron chi connectivity index (χ1n) is 8.50. The molecule has 0 spiro atoms. The summed E-state index contributed by atoms with van der Waals surface area (Å²) in [4.78, 5) is 20.3. The Morgan fingerprint density at radius 1 is 1.08 bits per heavy atom. The smallest absolute Gasteiger partial charge is 0.348 e. The van der Waals surface area contributed by atoms with Crippen LogP contribution in [0, 0.1) is 0 Å². The maximum atomic E-state index is 13.1. The number of hydrogen-bond acceptors (Lipinski definition) is 4. The van der Waals surface area contributed by atoms with Gasteiger partial charge >= 0.3 is 6.18 Å². The molecular formula is C18H19F3N4O. The second-order valence-electron chi connectivity index (χ2n) is 6.24. The summed E-state index contributed by atoms with van der Waals surface area (Å²) in [5, 5.41) is 5.48. The van der Waals surface area contributed by atoms with Crippen LogP contribution < -0.4 is 10.6 Å². The van der Waals surface area contributed by atoms with E-state index in [2.05, 4.69) is 20.6 Å². The second kappa shape index (κ2) is 7.72. The summed E-state index contributed by atoms with van der Waals surface area (Å²) >= 11 is 0. The number of carbonyl (C=O) groups excluding carboxylic acids is 1. The molecule has 3 rings (SSSR count). The first-order chi connectivity index (χ1) is 12.4. The molecule has 26 heavy (non-hydrogen) atoms. The van der Waals surface area contributed by atoms with E-state index in [4.69, 9.17) is 0 Å². The normalized spacial score (nSPS) is 15.5. The van der Waals surface area contributed by atoms with Crippen LogP contribution in [-0.2, 0) is 6.18 Å². The van der Waals surface area contributed by atoms with Gasteiger partial charge in [-0.25, -0.2) is 9.97 Å². The van der Waals surface area contributed by atoms with Crippen LogP contribution in [0.3, 0.4) is 0 Å². The molecule has 5 nitrogen and oxygen atoms in total. The highest BCUT2D eigenvalue weighted by Crippen LogP contribution is 2.35. The van der Waals surface area contributed by atoms with E-state index in [1.807, 2.05) is 0 Å². The Morgan fingerprint density at radius 3 is 2.54 bits per heavy atom. The molecule has 0 atom stereocenters. The minimum atomic E-state index is -4.50. The van der Waals surface area contributed by atoms with Gasteiger partial charge in [-0.15, -0.1) is 0 Å². The molecule has 1 heterocycles. The lowest BCUT2D eigenvalue weighted by molar-refractivity contribution is -0.136. The highest BCUT2D eigenvalue weighted by molar-refractivity contribution is 5.92. The van der Waals surface area contributed by atoms with Gasteiger partial charge in [0.05, 0.1) is 11.3 Å². The molecule has 2 N–H and O–H groups in total. The van der Waals surface area contributed by atoms with Crippen molar-refractivity contribution < 1.29 is 18.0 Å². The maximum absolute atomic E-state index is 13.1. The summed E-state index contributed by atoms with van der Waals surface area (Å²) in [6.07, 6.45) is 2.04. The number of alkyl halides is 3. The van der Waals surface area contributed by atoms with Gasteiger partial charge in [-0.3, -0.25) is 4.79 Å². The first-order valence-corrected chi connectivity index (χ1v) is 8.50. The zero-order valence-corrected chi connectivity index (χ0v) is 14.0. The average molecular weight is 364 g/mol. The molecular weight excluding hydrogens is 345 g/mol. The number of anilines is 2. The van der Waals surface area contributed by atoms with Gasteiger partial charge in [0.25, 0.3) is 5.91 Å². The summed E-state index contributed by atoms with van der Waals surface area (Å²) in [5.41, 5.74) is -0.858. The van der Waals surface area contributed by atoms with E-state index in [1.54, 1.807) is 0 Å². The van der Waals surface area contributed by atoms with Crippen molar-refractivity contribution in [1.82, 2.24) is 15.3 Å². The zero-order valence-electron chi connectivity index (χ0n) is 14.0. The van der Waals surface area contributed by atoms with Crippen molar-refractivity contribution in [2.45, 2.75) is 44.3 Å². The maximum Gasteiger partial charge on any atom is 0.418 e. The highest BCUT2D eigenvalue weighted by atomic mass is 19.4. The monoisotopic (exact) mass is 364 g/mol. The standard InChI is InChI=1S/C18H19F3N4O/c19-18(20,21)13-8-4-5-9-14(13)24-17-22-11-10-15(25-17)16(26)23-12-6-2-1-3-7-12/h4-5,8-12H,1-3,6-7H2,(H,23,26)(H,22,24,25). The van der Waals surface area contributed by atoms with Gasteiger partial charge in [0.2, 0.25) is 5.95 Å². The molecule has 1 saturated carbocycles. The first kappa shape index (κ1) is 18.2. The summed E-state index contributed by atoms with van der Waals surface area (Å²) in [6.45, 7) is 0. The third-order valence-electron chi connectivity index (χ3n) is 4.31. The van der Waals surface area contributed by atoms with Gasteiger partial charge in [0.1, 0.15) is 5.69 Å². The Kier molecular flexibility index (Phi) is 5.39. The topological polar surface area (TPSA) is 66.9 Å². The molecule has 0 unspecified atom stereocenters. The number of para-hydroxylation sites is 1. The van der Waals surface area contributed by atoms with E-state index in [1.165, 1.54) is 36.9 Å². The Balaban J connectivity index is 1.75. The Hall–Kier alpha value is -2.64. The third kappa shape index (κ3) is 4.50. The summed E-state index contributed by atoms with van der Waals surface area (Å²) < 4.78 is 39.2. The second-order valence-corrected chi connectivity index (χ2v) is 6.24. The fraction of sp³-hybridized carbons (Fsp3) is 0.389. The van der Waals surface area contributed by atoms with Gasteiger partial charge in [-0.1, -0.05) is 31.4 Å². The van der Waals surface area contributed by atoms with Crippen LogP contribution in [0.15, 0.2) is 36.5 Å². The highest BCUT2D eigenvalue weighted by Gasteiger charge is 2.33. The van der Waals surface area contributed by atoms with Crippen LogP contribution in [0.2, 0.25) is 0 Å². The molecule has 8 heteroatoms. The number of rotatable bonds is 4. The minimum Gasteiger partial charge on any atom is -0.348 e. The van der Waals surface area contributed by atoms with E-state index in [-0.39, 0.29) is 29.3 Å². The van der Waals surface area contributed by atoms with Crippen LogP contribution in [0.25, 0.3) is 0 Å². The lowest BCUT2D eigenvalue weighted by Gasteiger charge is -2.22. The molecule has 0 saturated heterocycles. The van der Waals surface area contributed by atoms with Gasteiger partial charge in [0, 0.05) is 12.2 Å². The van der Waals surface area contributed by atoms with Crippen molar-refractivity contribution in [3.63, 3.8) is 0 Å². The van der Waals surface area contributed by atoms with Crippen molar-refractivity contribution in [3.05, 3.63) is 47.8 Å². The van der Waals surface area contributed by atoms with Crippen molar-refractivity contribution in [1.29, 1.82) is 0 Å². The number of halogens is 3. The molecule has 1 aliphatic rings. The van der Waals surface area contributed by atoms with E-state index in [0.29, 0.717) is 0 Å². The third-order valence-corrected chi connectivity index (χ3v) is 4.31. The van der Waals surface area contributed by atoms with Crippen LogP contribution in [0.1, 0.15) is 48.2 Å². The number of nitrogens with one attached hydrogen (secondary N) is 2. The van der Waals surface area contributed by atoms with Crippen LogP contribution in [0.4, 0.5) is 24.8 Å². The molecule has 1 amide bonds.